The Balaban J connectivity index is 1.49. The fraction of sp³-hybridized carbons (Fsp3) is 0.185. The lowest BCUT2D eigenvalue weighted by atomic mass is 9.99. The van der Waals surface area contributed by atoms with Crippen molar-refractivity contribution in [3.8, 4) is 17.1 Å². The maximum Gasteiger partial charge on any atom is 0.387 e. The lowest BCUT2D eigenvalue weighted by Gasteiger charge is -2.10. The van der Waals surface area contributed by atoms with Crippen molar-refractivity contribution in [2.24, 2.45) is 0 Å². The Labute approximate surface area is 194 Å². The van der Waals surface area contributed by atoms with Crippen molar-refractivity contribution >= 4 is 10.8 Å². The zero-order valence-electron chi connectivity index (χ0n) is 18.3. The molecule has 0 N–H and O–H groups in total. The van der Waals surface area contributed by atoms with Gasteiger partial charge in [0.2, 0.25) is 0 Å². The number of nitrogens with zero attached hydrogens (tertiary/aromatic N) is 2. The number of aryl methyl sites for hydroxylation is 3. The molecule has 0 saturated heterocycles. The van der Waals surface area contributed by atoms with E-state index in [2.05, 4.69) is 21.3 Å². The van der Waals surface area contributed by atoms with E-state index in [4.69, 9.17) is 0 Å². The Morgan fingerprint density at radius 2 is 1.68 bits per heavy atom. The lowest BCUT2D eigenvalue weighted by molar-refractivity contribution is -0.0522. The molecule has 0 atom stereocenters. The first-order chi connectivity index (χ1) is 16.4. The molecule has 4 rings (SSSR count). The molecule has 0 radical (unpaired) electrons. The molecule has 1 aromatic heterocycles. The standard InChI is InChI=1S/C27H22F4N2O/c1-2-3-4-18-15-32-26(33-16-18)21-10-11-22-20(14-21)9-8-19(25(22)29)7-5-17-6-12-24(23(28)13-17)34-27(30)31/h2,6,8-16,27H,1,3-5,7H2. The number of fused-ring (bicyclic) bond motifs is 1. The van der Waals surface area contributed by atoms with E-state index in [1.165, 1.54) is 6.07 Å². The van der Waals surface area contributed by atoms with Crippen LogP contribution in [0.25, 0.3) is 22.2 Å². The molecule has 0 aliphatic rings. The van der Waals surface area contributed by atoms with Gasteiger partial charge in [-0.25, -0.2) is 18.7 Å². The molecular formula is C27H22F4N2O. The predicted octanol–water partition coefficient (Wildman–Crippen LogP) is 7.08. The summed E-state index contributed by atoms with van der Waals surface area (Å²) < 4.78 is 57.8. The highest BCUT2D eigenvalue weighted by Gasteiger charge is 2.13. The van der Waals surface area contributed by atoms with Crippen LogP contribution in [-0.2, 0) is 19.3 Å². The molecule has 3 nitrogen and oxygen atoms in total. The first-order valence-corrected chi connectivity index (χ1v) is 10.8. The number of halogens is 4. The van der Waals surface area contributed by atoms with E-state index in [0.717, 1.165) is 41.5 Å². The normalized spacial score (nSPS) is 11.2. The van der Waals surface area contributed by atoms with Gasteiger partial charge in [-0.15, -0.1) is 6.58 Å². The largest absolute Gasteiger partial charge is 0.432 e. The van der Waals surface area contributed by atoms with Crippen molar-refractivity contribution in [2.75, 3.05) is 0 Å². The van der Waals surface area contributed by atoms with E-state index in [1.807, 2.05) is 18.2 Å². The van der Waals surface area contributed by atoms with E-state index in [-0.39, 0.29) is 5.82 Å². The van der Waals surface area contributed by atoms with Gasteiger partial charge in [-0.2, -0.15) is 8.78 Å². The molecule has 0 saturated carbocycles. The fourth-order valence-electron chi connectivity index (χ4n) is 3.74. The van der Waals surface area contributed by atoms with Crippen LogP contribution in [0.2, 0.25) is 0 Å². The second kappa shape index (κ2) is 10.5. The third-order valence-electron chi connectivity index (χ3n) is 5.53. The molecule has 0 unspecified atom stereocenters. The van der Waals surface area contributed by atoms with Crippen molar-refractivity contribution in [1.29, 1.82) is 0 Å². The summed E-state index contributed by atoms with van der Waals surface area (Å²) in [5, 5.41) is 1.19. The van der Waals surface area contributed by atoms with Crippen molar-refractivity contribution in [3.05, 3.63) is 102 Å². The average Bonchev–Trinajstić information content (AvgIpc) is 2.84. The van der Waals surface area contributed by atoms with Crippen molar-refractivity contribution in [1.82, 2.24) is 9.97 Å². The van der Waals surface area contributed by atoms with E-state index in [0.29, 0.717) is 35.2 Å². The molecule has 0 aliphatic carbocycles. The lowest BCUT2D eigenvalue weighted by Crippen LogP contribution is -2.04. The summed E-state index contributed by atoms with van der Waals surface area (Å²) in [6.45, 7) is 0.615. The molecule has 1 heterocycles. The van der Waals surface area contributed by atoms with E-state index < -0.39 is 18.2 Å². The SMILES string of the molecule is C=CCCc1cnc(-c2ccc3c(F)c(CCc4ccc(OC(F)F)c(F)c4)ccc3c2)nc1. The number of allylic oxidation sites excluding steroid dienone is 1. The number of aromatic nitrogens is 2. The van der Waals surface area contributed by atoms with Gasteiger partial charge in [-0.1, -0.05) is 36.4 Å². The summed E-state index contributed by atoms with van der Waals surface area (Å²) in [7, 11) is 0. The second-order valence-electron chi connectivity index (χ2n) is 7.86. The Hall–Kier alpha value is -3.74. The summed E-state index contributed by atoms with van der Waals surface area (Å²) >= 11 is 0. The fourth-order valence-corrected chi connectivity index (χ4v) is 3.74. The van der Waals surface area contributed by atoms with Crippen LogP contribution in [0, 0.1) is 11.6 Å². The highest BCUT2D eigenvalue weighted by Crippen LogP contribution is 2.27. The van der Waals surface area contributed by atoms with Crippen LogP contribution in [0.1, 0.15) is 23.1 Å². The van der Waals surface area contributed by atoms with Gasteiger partial charge in [0.25, 0.3) is 0 Å². The average molecular weight is 466 g/mol. The molecule has 174 valence electrons. The Kier molecular flexibility index (Phi) is 7.21. The number of hydrogen-bond acceptors (Lipinski definition) is 3. The molecule has 0 aliphatic heterocycles. The predicted molar refractivity (Wildman–Crippen MR) is 124 cm³/mol. The highest BCUT2D eigenvalue weighted by molar-refractivity contribution is 5.87. The van der Waals surface area contributed by atoms with Gasteiger partial charge >= 0.3 is 6.61 Å². The molecule has 0 amide bonds. The maximum absolute atomic E-state index is 15.1. The van der Waals surface area contributed by atoms with Crippen molar-refractivity contribution < 1.29 is 22.3 Å². The summed E-state index contributed by atoms with van der Waals surface area (Å²) in [6, 6.07) is 12.6. The Morgan fingerprint density at radius 3 is 2.38 bits per heavy atom. The quantitative estimate of drug-likeness (QED) is 0.195. The van der Waals surface area contributed by atoms with Gasteiger partial charge in [0.1, 0.15) is 5.82 Å². The highest BCUT2D eigenvalue weighted by atomic mass is 19.3. The van der Waals surface area contributed by atoms with Gasteiger partial charge in [0.15, 0.2) is 17.4 Å². The van der Waals surface area contributed by atoms with Crippen molar-refractivity contribution in [2.45, 2.75) is 32.3 Å². The number of ether oxygens (including phenoxy) is 1. The smallest absolute Gasteiger partial charge is 0.387 e. The third kappa shape index (κ3) is 5.42. The van der Waals surface area contributed by atoms with Gasteiger partial charge in [0, 0.05) is 23.3 Å². The number of benzene rings is 3. The summed E-state index contributed by atoms with van der Waals surface area (Å²) in [6.07, 6.45) is 7.78. The molecule has 34 heavy (non-hydrogen) atoms. The van der Waals surface area contributed by atoms with Gasteiger partial charge in [-0.05, 0) is 66.0 Å². The van der Waals surface area contributed by atoms with Crippen LogP contribution in [0.4, 0.5) is 17.6 Å². The molecule has 0 fully saturated rings. The maximum atomic E-state index is 15.1. The second-order valence-corrected chi connectivity index (χ2v) is 7.86. The zero-order valence-corrected chi connectivity index (χ0v) is 18.3. The number of hydrogen-bond donors (Lipinski definition) is 0. The van der Waals surface area contributed by atoms with Crippen LogP contribution in [0.5, 0.6) is 5.75 Å². The van der Waals surface area contributed by atoms with E-state index >= 15 is 4.39 Å². The van der Waals surface area contributed by atoms with Crippen molar-refractivity contribution in [3.63, 3.8) is 0 Å². The monoisotopic (exact) mass is 466 g/mol. The zero-order chi connectivity index (χ0) is 24.1. The van der Waals surface area contributed by atoms with Crippen LogP contribution in [0.15, 0.2) is 73.6 Å². The Bertz CT molecular complexity index is 1310. The van der Waals surface area contributed by atoms with Gasteiger partial charge in [-0.3, -0.25) is 0 Å². The van der Waals surface area contributed by atoms with Crippen LogP contribution >= 0.6 is 0 Å². The van der Waals surface area contributed by atoms with Crippen LogP contribution < -0.4 is 4.74 Å². The Morgan fingerprint density at radius 1 is 0.882 bits per heavy atom. The first-order valence-electron chi connectivity index (χ1n) is 10.8. The van der Waals surface area contributed by atoms with Crippen LogP contribution in [-0.4, -0.2) is 16.6 Å². The summed E-state index contributed by atoms with van der Waals surface area (Å²) in [5.41, 5.74) is 2.85. The minimum absolute atomic E-state index is 0.327. The minimum atomic E-state index is -3.10. The first kappa shape index (κ1) is 23.4. The van der Waals surface area contributed by atoms with Gasteiger partial charge in [0.05, 0.1) is 0 Å². The molecular weight excluding hydrogens is 444 g/mol. The molecule has 3 aromatic carbocycles. The number of rotatable bonds is 9. The van der Waals surface area contributed by atoms with Gasteiger partial charge < -0.3 is 4.74 Å². The van der Waals surface area contributed by atoms with Crippen LogP contribution in [0.3, 0.4) is 0 Å². The topological polar surface area (TPSA) is 35.0 Å². The summed E-state index contributed by atoms with van der Waals surface area (Å²) in [4.78, 5) is 8.84. The minimum Gasteiger partial charge on any atom is -0.432 e. The molecule has 7 heteroatoms. The molecule has 0 bridgehead atoms. The number of alkyl halides is 2. The van der Waals surface area contributed by atoms with E-state index in [1.54, 1.807) is 30.6 Å². The molecule has 0 spiro atoms. The third-order valence-corrected chi connectivity index (χ3v) is 5.53. The summed E-state index contributed by atoms with van der Waals surface area (Å²) in [5.74, 6) is -1.17. The van der Waals surface area contributed by atoms with E-state index in [9.17, 15) is 13.2 Å². The molecule has 4 aromatic rings.